The van der Waals surface area contributed by atoms with Crippen LogP contribution in [0, 0.1) is 0 Å². The van der Waals surface area contributed by atoms with Gasteiger partial charge in [0.1, 0.15) is 11.9 Å². The second-order valence-electron chi connectivity index (χ2n) is 6.09. The minimum atomic E-state index is -3.11. The fourth-order valence-corrected chi connectivity index (χ4v) is 4.92. The van der Waals surface area contributed by atoms with Crippen LogP contribution in [0.2, 0.25) is 0 Å². The summed E-state index contributed by atoms with van der Waals surface area (Å²) in [6.45, 7) is 0. The van der Waals surface area contributed by atoms with Crippen molar-refractivity contribution in [3.8, 4) is 28.7 Å². The van der Waals surface area contributed by atoms with Gasteiger partial charge in [-0.15, -0.1) is 10.2 Å². The number of hydrogen-bond donors (Lipinski definition) is 0. The van der Waals surface area contributed by atoms with Crippen LogP contribution < -0.4 is 14.2 Å². The predicted octanol–water partition coefficient (Wildman–Crippen LogP) is 1.58. The molecule has 158 valence electrons. The molecule has 2 heterocycles. The number of rotatable bonds is 8. The molecule has 10 nitrogen and oxygen atoms in total. The average Bonchev–Trinajstić information content (AvgIpc) is 3.31. The lowest BCUT2D eigenvalue weighted by atomic mass is 10.2. The van der Waals surface area contributed by atoms with Gasteiger partial charge < -0.3 is 23.4 Å². The first-order chi connectivity index (χ1) is 13.8. The largest absolute Gasteiger partial charge is 0.493 e. The monoisotopic (exact) mass is 444 g/mol. The first-order valence-electron chi connectivity index (χ1n) is 8.51. The molecular formula is C17H20N2O8S2. The van der Waals surface area contributed by atoms with E-state index in [0.29, 0.717) is 29.2 Å². The van der Waals surface area contributed by atoms with E-state index in [4.69, 9.17) is 23.4 Å². The Morgan fingerprint density at radius 3 is 2.41 bits per heavy atom. The van der Waals surface area contributed by atoms with Gasteiger partial charge in [-0.05, 0) is 18.6 Å². The van der Waals surface area contributed by atoms with Crippen LogP contribution in [-0.4, -0.2) is 69.3 Å². The van der Waals surface area contributed by atoms with Crippen molar-refractivity contribution in [2.24, 2.45) is 0 Å². The zero-order chi connectivity index (χ0) is 21.0. The van der Waals surface area contributed by atoms with Crippen molar-refractivity contribution in [2.45, 2.75) is 17.7 Å². The van der Waals surface area contributed by atoms with Crippen LogP contribution in [-0.2, 0) is 19.4 Å². The molecule has 12 heteroatoms. The van der Waals surface area contributed by atoms with E-state index in [1.54, 1.807) is 12.1 Å². The Morgan fingerprint density at radius 1 is 1.17 bits per heavy atom. The molecule has 1 aliphatic rings. The molecule has 0 radical (unpaired) electrons. The van der Waals surface area contributed by atoms with Crippen LogP contribution >= 0.6 is 11.8 Å². The fourth-order valence-electron chi connectivity index (χ4n) is 2.78. The molecule has 2 aromatic rings. The Balaban J connectivity index is 1.64. The summed E-state index contributed by atoms with van der Waals surface area (Å²) in [5, 5.41) is 8.05. The molecule has 3 rings (SSSR count). The van der Waals surface area contributed by atoms with Gasteiger partial charge in [0.25, 0.3) is 5.22 Å². The molecule has 1 aromatic carbocycles. The molecule has 29 heavy (non-hydrogen) atoms. The minimum absolute atomic E-state index is 0.0416. The molecule has 0 N–H and O–H groups in total. The number of carbonyl (C=O) groups excluding carboxylic acids is 1. The van der Waals surface area contributed by atoms with E-state index in [9.17, 15) is 13.2 Å². The Morgan fingerprint density at radius 2 is 1.86 bits per heavy atom. The van der Waals surface area contributed by atoms with Gasteiger partial charge in [0.2, 0.25) is 11.6 Å². The minimum Gasteiger partial charge on any atom is -0.493 e. The van der Waals surface area contributed by atoms with Gasteiger partial charge in [-0.2, -0.15) is 0 Å². The summed E-state index contributed by atoms with van der Waals surface area (Å²) < 4.78 is 49.5. The Hall–Kier alpha value is -2.47. The summed E-state index contributed by atoms with van der Waals surface area (Å²) in [7, 11) is 1.39. The van der Waals surface area contributed by atoms with Crippen molar-refractivity contribution < 1.29 is 36.6 Å². The highest BCUT2D eigenvalue weighted by atomic mass is 32.2. The van der Waals surface area contributed by atoms with Crippen molar-refractivity contribution in [2.75, 3.05) is 38.6 Å². The third-order valence-corrected chi connectivity index (χ3v) is 6.65. The Labute approximate surface area is 171 Å². The zero-order valence-electron chi connectivity index (χ0n) is 16.0. The smallest absolute Gasteiger partial charge is 0.316 e. The second kappa shape index (κ2) is 8.91. The number of hydrogen-bond acceptors (Lipinski definition) is 11. The van der Waals surface area contributed by atoms with Gasteiger partial charge in [-0.1, -0.05) is 11.8 Å². The van der Waals surface area contributed by atoms with Crippen molar-refractivity contribution >= 4 is 27.6 Å². The summed E-state index contributed by atoms with van der Waals surface area (Å²) in [5.41, 5.74) is 0.553. The molecule has 1 saturated heterocycles. The number of aromatic nitrogens is 2. The highest BCUT2D eigenvalue weighted by molar-refractivity contribution is 7.99. The van der Waals surface area contributed by atoms with E-state index in [0.717, 1.165) is 11.8 Å². The van der Waals surface area contributed by atoms with Crippen molar-refractivity contribution in [3.63, 3.8) is 0 Å². The summed E-state index contributed by atoms with van der Waals surface area (Å²) in [6, 6.07) is 3.33. The van der Waals surface area contributed by atoms with Crippen LogP contribution in [0.4, 0.5) is 0 Å². The maximum absolute atomic E-state index is 11.9. The molecule has 1 aliphatic heterocycles. The molecule has 0 spiro atoms. The number of esters is 1. The molecule has 0 bridgehead atoms. The van der Waals surface area contributed by atoms with Gasteiger partial charge in [0, 0.05) is 5.56 Å². The predicted molar refractivity (Wildman–Crippen MR) is 103 cm³/mol. The topological polar surface area (TPSA) is 127 Å². The molecule has 1 atom stereocenters. The molecular weight excluding hydrogens is 424 g/mol. The summed E-state index contributed by atoms with van der Waals surface area (Å²) >= 11 is 1.00. The number of sulfone groups is 1. The standard InChI is InChI=1S/C17H20N2O8S2/c1-23-12-6-10(7-13(24-2)15(12)25-3)16-18-19-17(27-16)28-8-14(20)26-11-4-5-29(21,22)9-11/h6-7,11H,4-5,8-9H2,1-3H3/t11-/m1/s1. The van der Waals surface area contributed by atoms with E-state index < -0.39 is 21.9 Å². The molecule has 0 amide bonds. The quantitative estimate of drug-likeness (QED) is 0.435. The molecule has 0 saturated carbocycles. The van der Waals surface area contributed by atoms with Crippen molar-refractivity contribution in [3.05, 3.63) is 12.1 Å². The first kappa shape index (κ1) is 21.2. The van der Waals surface area contributed by atoms with Gasteiger partial charge in [-0.3, -0.25) is 4.79 Å². The van der Waals surface area contributed by atoms with Crippen LogP contribution in [0.15, 0.2) is 21.8 Å². The number of benzene rings is 1. The third kappa shape index (κ3) is 5.12. The van der Waals surface area contributed by atoms with Crippen LogP contribution in [0.3, 0.4) is 0 Å². The lowest BCUT2D eigenvalue weighted by Crippen LogP contribution is -2.20. The number of ether oxygens (including phenoxy) is 4. The number of nitrogens with zero attached hydrogens (tertiary/aromatic N) is 2. The first-order valence-corrected chi connectivity index (χ1v) is 11.3. The molecule has 0 unspecified atom stereocenters. The van der Waals surface area contributed by atoms with Crippen molar-refractivity contribution in [1.29, 1.82) is 0 Å². The van der Waals surface area contributed by atoms with E-state index in [1.807, 2.05) is 0 Å². The van der Waals surface area contributed by atoms with Crippen molar-refractivity contribution in [1.82, 2.24) is 10.2 Å². The molecule has 1 aromatic heterocycles. The number of thioether (sulfide) groups is 1. The lowest BCUT2D eigenvalue weighted by Gasteiger charge is -2.12. The van der Waals surface area contributed by atoms with Gasteiger partial charge in [0.05, 0.1) is 32.8 Å². The Bertz CT molecular complexity index is 964. The normalized spacial score (nSPS) is 17.7. The van der Waals surface area contributed by atoms with Crippen LogP contribution in [0.25, 0.3) is 11.5 Å². The SMILES string of the molecule is COc1cc(-c2nnc(SCC(=O)O[C@@H]3CCS(=O)(=O)C3)o2)cc(OC)c1OC. The van der Waals surface area contributed by atoms with Gasteiger partial charge >= 0.3 is 5.97 Å². The van der Waals surface area contributed by atoms with Gasteiger partial charge in [-0.25, -0.2) is 8.42 Å². The average molecular weight is 444 g/mol. The molecule has 0 aliphatic carbocycles. The summed E-state index contributed by atoms with van der Waals surface area (Å²) in [6.07, 6.45) is -0.268. The van der Waals surface area contributed by atoms with Crippen LogP contribution in [0.1, 0.15) is 6.42 Å². The highest BCUT2D eigenvalue weighted by Crippen LogP contribution is 2.41. The maximum Gasteiger partial charge on any atom is 0.316 e. The zero-order valence-corrected chi connectivity index (χ0v) is 17.7. The maximum atomic E-state index is 11.9. The molecule has 1 fully saturated rings. The van der Waals surface area contributed by atoms with E-state index in [-0.39, 0.29) is 28.4 Å². The van der Waals surface area contributed by atoms with E-state index in [1.165, 1.54) is 21.3 Å². The van der Waals surface area contributed by atoms with Crippen LogP contribution in [0.5, 0.6) is 17.2 Å². The fraction of sp³-hybridized carbons (Fsp3) is 0.471. The summed E-state index contributed by atoms with van der Waals surface area (Å²) in [5.74, 6) is 0.813. The van der Waals surface area contributed by atoms with E-state index >= 15 is 0 Å². The third-order valence-electron chi connectivity index (χ3n) is 4.12. The van der Waals surface area contributed by atoms with Gasteiger partial charge in [0.15, 0.2) is 21.3 Å². The lowest BCUT2D eigenvalue weighted by molar-refractivity contribution is -0.144. The Kier molecular flexibility index (Phi) is 6.52. The summed E-state index contributed by atoms with van der Waals surface area (Å²) in [4.78, 5) is 11.9. The van der Waals surface area contributed by atoms with E-state index in [2.05, 4.69) is 10.2 Å². The number of carbonyl (C=O) groups is 1. The highest BCUT2D eigenvalue weighted by Gasteiger charge is 2.30. The second-order valence-corrected chi connectivity index (χ2v) is 9.25. The number of methoxy groups -OCH3 is 3.